The van der Waals surface area contributed by atoms with E-state index in [-0.39, 0.29) is 68.1 Å². The van der Waals surface area contributed by atoms with Crippen LogP contribution in [0.4, 0.5) is 10.3 Å². The van der Waals surface area contributed by atoms with Crippen LogP contribution < -0.4 is 30.3 Å². The van der Waals surface area contributed by atoms with Crippen molar-refractivity contribution in [3.8, 4) is 0 Å². The van der Waals surface area contributed by atoms with Gasteiger partial charge in [0.2, 0.25) is 11.9 Å². The van der Waals surface area contributed by atoms with E-state index >= 15 is 0 Å². The van der Waals surface area contributed by atoms with Crippen LogP contribution in [-0.2, 0) is 24.4 Å². The summed E-state index contributed by atoms with van der Waals surface area (Å²) in [7, 11) is 0. The maximum Gasteiger partial charge on any atom is 1.00 e. The predicted molar refractivity (Wildman–Crippen MR) is 130 cm³/mol. The fourth-order valence-corrected chi connectivity index (χ4v) is 3.70. The van der Waals surface area contributed by atoms with Gasteiger partial charge in [-0.25, -0.2) is 19.2 Å². The van der Waals surface area contributed by atoms with Crippen molar-refractivity contribution in [2.75, 3.05) is 12.3 Å². The molecule has 0 saturated heterocycles. The average molecular weight is 500 g/mol. The molecule has 188 valence electrons. The van der Waals surface area contributed by atoms with Crippen LogP contribution in [-0.4, -0.2) is 44.3 Å². The average Bonchev–Trinajstić information content (AvgIpc) is 2.78. The Hall–Kier alpha value is -3.78. The van der Waals surface area contributed by atoms with Gasteiger partial charge in [0.05, 0.1) is 23.5 Å². The van der Waals surface area contributed by atoms with E-state index in [1.807, 2.05) is 0 Å². The van der Waals surface area contributed by atoms with Crippen molar-refractivity contribution in [2.45, 2.75) is 33.5 Å². The standard InChI is InChI=1S/C25H27FN6O4.Li/c1-14-7-17(3-5-19(14)24(35)36)11-32(13-22(27)33)12-18-9-21(31-25(28)30-18)23(34)29-10-16-4-6-20(26)15(2)8-16;/h3-9H,10-13H2,1-2H3,(H6,27,28,29,30,31,33,34,35,36);/q;+1/p-1. The summed E-state index contributed by atoms with van der Waals surface area (Å²) in [5, 5.41) is 13.2. The molecular formula is C25H26FLiN6O4. The molecule has 0 spiro atoms. The van der Waals surface area contributed by atoms with Gasteiger partial charge < -0.3 is 26.7 Å². The Morgan fingerprint density at radius 2 is 1.68 bits per heavy atom. The van der Waals surface area contributed by atoms with Crippen LogP contribution in [0.1, 0.15) is 48.8 Å². The molecule has 2 aromatic carbocycles. The number of hydrogen-bond acceptors (Lipinski definition) is 7. The molecule has 0 aliphatic carbocycles. The number of aromatic nitrogens is 2. The number of anilines is 1. The molecule has 0 fully saturated rings. The Labute approximate surface area is 225 Å². The van der Waals surface area contributed by atoms with Gasteiger partial charge in [0.1, 0.15) is 11.7 Å². The maximum atomic E-state index is 13.5. The zero-order valence-corrected chi connectivity index (χ0v) is 20.9. The maximum absolute atomic E-state index is 13.5. The number of carboxylic acid groups (broad SMARTS) is 1. The Morgan fingerprint density at radius 1 is 1.00 bits per heavy atom. The van der Waals surface area contributed by atoms with Crippen LogP contribution in [0.5, 0.6) is 0 Å². The molecule has 0 aliphatic rings. The number of benzene rings is 2. The van der Waals surface area contributed by atoms with Crippen LogP contribution in [0.25, 0.3) is 5.32 Å². The SMILES string of the molecule is Cc1cc(C[N-]C(=O)c2cc(CN(CC(N)=O)Cc3ccc(C(=O)O)c(C)c3)nc(N)n2)ccc1F.[Li+]. The van der Waals surface area contributed by atoms with E-state index in [4.69, 9.17) is 11.5 Å². The van der Waals surface area contributed by atoms with Gasteiger partial charge in [-0.05, 0) is 48.7 Å². The molecule has 0 radical (unpaired) electrons. The number of aryl methyl sites for hydroxylation is 2. The smallest absolute Gasteiger partial charge is 0.644 e. The molecule has 3 aromatic rings. The van der Waals surface area contributed by atoms with Crippen molar-refractivity contribution in [1.29, 1.82) is 0 Å². The minimum Gasteiger partial charge on any atom is -0.644 e. The van der Waals surface area contributed by atoms with Gasteiger partial charge in [0.25, 0.3) is 0 Å². The molecule has 10 nitrogen and oxygen atoms in total. The largest absolute Gasteiger partial charge is 1.00 e. The molecule has 0 unspecified atom stereocenters. The van der Waals surface area contributed by atoms with Gasteiger partial charge in [0, 0.05) is 13.1 Å². The Balaban J connectivity index is 0.00000481. The summed E-state index contributed by atoms with van der Waals surface area (Å²) in [5.41, 5.74) is 14.2. The van der Waals surface area contributed by atoms with Crippen LogP contribution in [0, 0.1) is 19.7 Å². The molecule has 3 rings (SSSR count). The van der Waals surface area contributed by atoms with Gasteiger partial charge in [-0.15, -0.1) is 6.54 Å². The van der Waals surface area contributed by atoms with E-state index < -0.39 is 17.8 Å². The third-order valence-corrected chi connectivity index (χ3v) is 5.34. The fourth-order valence-electron chi connectivity index (χ4n) is 3.70. The molecule has 0 atom stereocenters. The number of amides is 2. The molecule has 0 saturated carbocycles. The first-order chi connectivity index (χ1) is 17.0. The van der Waals surface area contributed by atoms with Gasteiger partial charge in [-0.3, -0.25) is 9.69 Å². The number of halogens is 1. The molecule has 37 heavy (non-hydrogen) atoms. The minimum absolute atomic E-state index is 0. The van der Waals surface area contributed by atoms with E-state index in [1.54, 1.807) is 43.0 Å². The quantitative estimate of drug-likeness (QED) is 0.320. The molecule has 0 bridgehead atoms. The zero-order valence-electron chi connectivity index (χ0n) is 20.9. The topological polar surface area (TPSA) is 167 Å². The third kappa shape index (κ3) is 8.39. The first kappa shape index (κ1) is 29.4. The third-order valence-electron chi connectivity index (χ3n) is 5.34. The van der Waals surface area contributed by atoms with Crippen molar-refractivity contribution < 1.29 is 42.7 Å². The van der Waals surface area contributed by atoms with Crippen molar-refractivity contribution in [1.82, 2.24) is 14.9 Å². The number of aromatic carboxylic acids is 1. The summed E-state index contributed by atoms with van der Waals surface area (Å²) in [4.78, 5) is 45.4. The number of rotatable bonds is 10. The number of nitrogens with two attached hydrogens (primary N) is 2. The summed E-state index contributed by atoms with van der Waals surface area (Å²) >= 11 is 0. The number of nitrogens with zero attached hydrogens (tertiary/aromatic N) is 4. The van der Waals surface area contributed by atoms with Crippen LogP contribution in [0.15, 0.2) is 42.5 Å². The summed E-state index contributed by atoms with van der Waals surface area (Å²) < 4.78 is 13.5. The monoisotopic (exact) mass is 500 g/mol. The predicted octanol–water partition coefficient (Wildman–Crippen LogP) is -0.281. The number of carbonyl (C=O) groups is 3. The van der Waals surface area contributed by atoms with Crippen LogP contribution in [0.3, 0.4) is 0 Å². The number of carbonyl (C=O) groups excluding carboxylic acids is 2. The first-order valence-electron chi connectivity index (χ1n) is 11.0. The molecule has 12 heteroatoms. The first-order valence-corrected chi connectivity index (χ1v) is 11.0. The Bertz CT molecular complexity index is 1320. The van der Waals surface area contributed by atoms with Crippen LogP contribution in [0.2, 0.25) is 0 Å². The molecule has 1 heterocycles. The van der Waals surface area contributed by atoms with Crippen LogP contribution >= 0.6 is 0 Å². The second-order valence-corrected chi connectivity index (χ2v) is 8.37. The molecule has 2 amide bonds. The van der Waals surface area contributed by atoms with Crippen molar-refractivity contribution in [3.63, 3.8) is 0 Å². The number of carboxylic acids is 1. The number of primary amides is 1. The molecular weight excluding hydrogens is 474 g/mol. The Morgan fingerprint density at radius 3 is 2.30 bits per heavy atom. The van der Waals surface area contributed by atoms with E-state index in [2.05, 4.69) is 15.3 Å². The van der Waals surface area contributed by atoms with E-state index in [1.165, 1.54) is 18.2 Å². The second kappa shape index (κ2) is 13.0. The molecule has 0 aliphatic heterocycles. The van der Waals surface area contributed by atoms with Crippen molar-refractivity contribution in [3.05, 3.63) is 92.8 Å². The van der Waals surface area contributed by atoms with Crippen molar-refractivity contribution in [2.24, 2.45) is 5.73 Å². The zero-order chi connectivity index (χ0) is 26.4. The number of hydrogen-bond donors (Lipinski definition) is 3. The van der Waals surface area contributed by atoms with Gasteiger partial charge >= 0.3 is 24.8 Å². The second-order valence-electron chi connectivity index (χ2n) is 8.37. The summed E-state index contributed by atoms with van der Waals surface area (Å²) in [6.45, 7) is 3.63. The molecule has 5 N–H and O–H groups in total. The molecule has 1 aromatic heterocycles. The minimum atomic E-state index is -1.03. The summed E-state index contributed by atoms with van der Waals surface area (Å²) in [6.07, 6.45) is 0. The van der Waals surface area contributed by atoms with E-state index in [0.717, 1.165) is 5.56 Å². The van der Waals surface area contributed by atoms with Gasteiger partial charge in [0.15, 0.2) is 0 Å². The fraction of sp³-hybridized carbons (Fsp3) is 0.240. The van der Waals surface area contributed by atoms with E-state index in [9.17, 15) is 23.9 Å². The summed E-state index contributed by atoms with van der Waals surface area (Å²) in [6, 6.07) is 10.8. The van der Waals surface area contributed by atoms with Gasteiger partial charge in [-0.2, -0.15) is 0 Å². The van der Waals surface area contributed by atoms with Gasteiger partial charge in [-0.1, -0.05) is 29.8 Å². The summed E-state index contributed by atoms with van der Waals surface area (Å²) in [5.74, 6) is -2.69. The van der Waals surface area contributed by atoms with Crippen molar-refractivity contribution >= 4 is 23.7 Å². The normalized spacial score (nSPS) is 10.6. The Kier molecular flexibility index (Phi) is 10.3. The number of nitrogen functional groups attached to an aromatic ring is 1. The van der Waals surface area contributed by atoms with E-state index in [0.29, 0.717) is 22.4 Å².